The van der Waals surface area contributed by atoms with Gasteiger partial charge in [0.05, 0.1) is 6.04 Å². The standard InChI is InChI=1S/C20H22N6O/c1-12-5-4-6-20(22-12)23-17-9-13(2)26(14(3)27)19-8-7-15(10-16(17)19)18-11-21-25-24-18/h4-8,10-11,13,17H,9H2,1-3H3,(H,22,23)(H,21,24,25)/t13-,17+/m0/s1. The Hall–Kier alpha value is -3.22. The van der Waals surface area contributed by atoms with E-state index in [1.54, 1.807) is 13.1 Å². The summed E-state index contributed by atoms with van der Waals surface area (Å²) in [6, 6.07) is 12.1. The monoisotopic (exact) mass is 362 g/mol. The van der Waals surface area contributed by atoms with Gasteiger partial charge in [-0.25, -0.2) is 4.98 Å². The van der Waals surface area contributed by atoms with Crippen LogP contribution in [-0.4, -0.2) is 32.3 Å². The molecular formula is C20H22N6O. The van der Waals surface area contributed by atoms with Crippen LogP contribution in [0.2, 0.25) is 0 Å². The van der Waals surface area contributed by atoms with Crippen molar-refractivity contribution < 1.29 is 4.79 Å². The van der Waals surface area contributed by atoms with Gasteiger partial charge >= 0.3 is 0 Å². The van der Waals surface area contributed by atoms with Crippen LogP contribution in [0, 0.1) is 6.92 Å². The number of hydrogen-bond donors (Lipinski definition) is 2. The topological polar surface area (TPSA) is 86.8 Å². The van der Waals surface area contributed by atoms with Gasteiger partial charge in [-0.2, -0.15) is 0 Å². The predicted octanol–water partition coefficient (Wildman–Crippen LogP) is 3.47. The van der Waals surface area contributed by atoms with E-state index in [4.69, 9.17) is 0 Å². The lowest BCUT2D eigenvalue weighted by atomic mass is 9.90. The number of hydrogen-bond acceptors (Lipinski definition) is 5. The van der Waals surface area contributed by atoms with Crippen LogP contribution in [0.25, 0.3) is 11.3 Å². The maximum Gasteiger partial charge on any atom is 0.224 e. The lowest BCUT2D eigenvalue weighted by Gasteiger charge is -2.39. The average molecular weight is 362 g/mol. The molecule has 1 aromatic carbocycles. The minimum absolute atomic E-state index is 0.0464. The molecule has 2 aromatic heterocycles. The molecule has 4 rings (SSSR count). The Balaban J connectivity index is 1.78. The van der Waals surface area contributed by atoms with Crippen LogP contribution in [0.1, 0.15) is 37.6 Å². The molecule has 0 saturated carbocycles. The first-order valence-electron chi connectivity index (χ1n) is 9.03. The lowest BCUT2D eigenvalue weighted by Crippen LogP contribution is -2.43. The summed E-state index contributed by atoms with van der Waals surface area (Å²) < 4.78 is 0. The van der Waals surface area contributed by atoms with E-state index < -0.39 is 0 Å². The Morgan fingerprint density at radius 2 is 2.15 bits per heavy atom. The number of H-pyrrole nitrogens is 1. The van der Waals surface area contributed by atoms with Crippen molar-refractivity contribution in [3.05, 3.63) is 53.9 Å². The van der Waals surface area contributed by atoms with Gasteiger partial charge in [0.15, 0.2) is 0 Å². The molecule has 1 aliphatic heterocycles. The summed E-state index contributed by atoms with van der Waals surface area (Å²) >= 11 is 0. The van der Waals surface area contributed by atoms with Gasteiger partial charge < -0.3 is 10.2 Å². The summed E-state index contributed by atoms with van der Waals surface area (Å²) in [4.78, 5) is 18.7. The fraction of sp³-hybridized carbons (Fsp3) is 0.300. The second-order valence-corrected chi connectivity index (χ2v) is 6.97. The third-order valence-electron chi connectivity index (χ3n) is 4.94. The fourth-order valence-corrected chi connectivity index (χ4v) is 3.78. The van der Waals surface area contributed by atoms with Gasteiger partial charge in [-0.15, -0.1) is 5.10 Å². The van der Waals surface area contributed by atoms with Crippen molar-refractivity contribution in [1.82, 2.24) is 20.4 Å². The summed E-state index contributed by atoms with van der Waals surface area (Å²) in [7, 11) is 0. The van der Waals surface area contributed by atoms with Crippen molar-refractivity contribution in [2.45, 2.75) is 39.3 Å². The second-order valence-electron chi connectivity index (χ2n) is 6.97. The lowest BCUT2D eigenvalue weighted by molar-refractivity contribution is -0.117. The number of rotatable bonds is 3. The summed E-state index contributed by atoms with van der Waals surface area (Å²) in [5.41, 5.74) is 4.69. The molecule has 0 fully saturated rings. The summed E-state index contributed by atoms with van der Waals surface area (Å²) in [5, 5.41) is 14.2. The van der Waals surface area contributed by atoms with Gasteiger partial charge in [0, 0.05) is 36.1 Å². The first kappa shape index (κ1) is 17.2. The third-order valence-corrected chi connectivity index (χ3v) is 4.94. The first-order valence-corrected chi connectivity index (χ1v) is 9.03. The van der Waals surface area contributed by atoms with E-state index in [9.17, 15) is 4.79 Å². The molecule has 0 saturated heterocycles. The molecule has 0 aliphatic carbocycles. The second kappa shape index (κ2) is 6.83. The highest BCUT2D eigenvalue weighted by Crippen LogP contribution is 2.40. The van der Waals surface area contributed by atoms with Crippen molar-refractivity contribution in [2.75, 3.05) is 10.2 Å². The predicted molar refractivity (Wildman–Crippen MR) is 104 cm³/mol. The molecular weight excluding hydrogens is 340 g/mol. The molecule has 0 unspecified atom stereocenters. The first-order chi connectivity index (χ1) is 13.0. The van der Waals surface area contributed by atoms with Gasteiger partial charge in [-0.05, 0) is 50.1 Å². The SMILES string of the molecule is CC(=O)N1c2ccc(-c3c[nH]nn3)cc2[C@H](Nc2cccc(C)n2)C[C@@H]1C. The summed E-state index contributed by atoms with van der Waals surface area (Å²) in [6.07, 6.45) is 2.56. The zero-order chi connectivity index (χ0) is 19.0. The Labute approximate surface area is 157 Å². The number of fused-ring (bicyclic) bond motifs is 1. The Bertz CT molecular complexity index is 968. The highest BCUT2D eigenvalue weighted by atomic mass is 16.2. The molecule has 1 amide bonds. The fourth-order valence-electron chi connectivity index (χ4n) is 3.78. The number of carbonyl (C=O) groups excluding carboxylic acids is 1. The van der Waals surface area contributed by atoms with Crippen molar-refractivity contribution in [3.8, 4) is 11.3 Å². The number of carbonyl (C=O) groups is 1. The van der Waals surface area contributed by atoms with Crippen molar-refractivity contribution in [1.29, 1.82) is 0 Å². The number of aryl methyl sites for hydroxylation is 1. The molecule has 3 heterocycles. The van der Waals surface area contributed by atoms with E-state index in [0.717, 1.165) is 40.4 Å². The van der Waals surface area contributed by atoms with Crippen molar-refractivity contribution >= 4 is 17.4 Å². The Kier molecular flexibility index (Phi) is 4.35. The van der Waals surface area contributed by atoms with Crippen LogP contribution < -0.4 is 10.2 Å². The van der Waals surface area contributed by atoms with Crippen molar-refractivity contribution in [3.63, 3.8) is 0 Å². The molecule has 2 atom stereocenters. The summed E-state index contributed by atoms with van der Waals surface area (Å²) in [5.74, 6) is 0.881. The van der Waals surface area contributed by atoms with Crippen molar-refractivity contribution in [2.24, 2.45) is 0 Å². The molecule has 0 bridgehead atoms. The number of nitrogens with zero attached hydrogens (tertiary/aromatic N) is 4. The zero-order valence-electron chi connectivity index (χ0n) is 15.6. The largest absolute Gasteiger partial charge is 0.363 e. The molecule has 7 heteroatoms. The van der Waals surface area contributed by atoms with Gasteiger partial charge in [-0.3, -0.25) is 9.89 Å². The summed E-state index contributed by atoms with van der Waals surface area (Å²) in [6.45, 7) is 5.67. The molecule has 0 radical (unpaired) electrons. The van der Waals surface area contributed by atoms with Crippen LogP contribution in [0.3, 0.4) is 0 Å². The number of benzene rings is 1. The quantitative estimate of drug-likeness (QED) is 0.745. The molecule has 1 aliphatic rings. The van der Waals surface area contributed by atoms with Crippen LogP contribution >= 0.6 is 0 Å². The molecule has 138 valence electrons. The van der Waals surface area contributed by atoms with Crippen LogP contribution in [-0.2, 0) is 4.79 Å². The van der Waals surface area contributed by atoms with E-state index in [0.29, 0.717) is 0 Å². The maximum absolute atomic E-state index is 12.3. The highest BCUT2D eigenvalue weighted by Gasteiger charge is 2.33. The van der Waals surface area contributed by atoms with Crippen LogP contribution in [0.5, 0.6) is 0 Å². The maximum atomic E-state index is 12.3. The van der Waals surface area contributed by atoms with Gasteiger partial charge in [0.2, 0.25) is 5.91 Å². The minimum Gasteiger partial charge on any atom is -0.363 e. The van der Waals surface area contributed by atoms with Gasteiger partial charge in [0.1, 0.15) is 11.5 Å². The molecule has 7 nitrogen and oxygen atoms in total. The smallest absolute Gasteiger partial charge is 0.224 e. The number of aromatic amines is 1. The van der Waals surface area contributed by atoms with Crippen LogP contribution in [0.4, 0.5) is 11.5 Å². The number of aromatic nitrogens is 4. The molecule has 3 aromatic rings. The average Bonchev–Trinajstić information content (AvgIpc) is 3.16. The van der Waals surface area contributed by atoms with E-state index in [1.165, 1.54) is 0 Å². The molecule has 2 N–H and O–H groups in total. The number of pyridine rings is 1. The van der Waals surface area contributed by atoms with E-state index in [1.807, 2.05) is 42.2 Å². The van der Waals surface area contributed by atoms with Crippen LogP contribution in [0.15, 0.2) is 42.6 Å². The Morgan fingerprint density at radius 1 is 1.30 bits per heavy atom. The zero-order valence-corrected chi connectivity index (χ0v) is 15.6. The van der Waals surface area contributed by atoms with E-state index in [-0.39, 0.29) is 18.0 Å². The van der Waals surface area contributed by atoms with E-state index in [2.05, 4.69) is 38.7 Å². The number of amides is 1. The molecule has 0 spiro atoms. The van der Waals surface area contributed by atoms with Gasteiger partial charge in [0.25, 0.3) is 0 Å². The minimum atomic E-state index is 0.0464. The van der Waals surface area contributed by atoms with E-state index >= 15 is 0 Å². The normalized spacial score (nSPS) is 18.9. The van der Waals surface area contributed by atoms with Gasteiger partial charge in [-0.1, -0.05) is 17.3 Å². The number of nitrogens with one attached hydrogen (secondary N) is 2. The third kappa shape index (κ3) is 3.28. The molecule has 27 heavy (non-hydrogen) atoms. The number of anilines is 2. The Morgan fingerprint density at radius 3 is 2.85 bits per heavy atom. The highest BCUT2D eigenvalue weighted by molar-refractivity contribution is 5.94.